The van der Waals surface area contributed by atoms with Crippen LogP contribution in [0, 0.1) is 5.41 Å². The van der Waals surface area contributed by atoms with Crippen molar-refractivity contribution in [3.8, 4) is 0 Å². The normalized spacial score (nSPS) is 28.3. The number of carbonyl (C=O) groups is 1. The number of rotatable bonds is 3. The lowest BCUT2D eigenvalue weighted by atomic mass is 9.88. The highest BCUT2D eigenvalue weighted by molar-refractivity contribution is 5.81. The quantitative estimate of drug-likeness (QED) is 0.762. The van der Waals surface area contributed by atoms with Gasteiger partial charge in [-0.25, -0.2) is 0 Å². The van der Waals surface area contributed by atoms with Gasteiger partial charge in [-0.2, -0.15) is 0 Å². The molecule has 0 aromatic rings. The van der Waals surface area contributed by atoms with Gasteiger partial charge in [0.05, 0.1) is 19.3 Å². The van der Waals surface area contributed by atoms with Crippen molar-refractivity contribution >= 4 is 5.91 Å². The Hall–Kier alpha value is -0.610. The van der Waals surface area contributed by atoms with Gasteiger partial charge < -0.3 is 9.64 Å². The third-order valence-electron chi connectivity index (χ3n) is 4.20. The van der Waals surface area contributed by atoms with Crippen molar-refractivity contribution in [2.24, 2.45) is 5.41 Å². The van der Waals surface area contributed by atoms with E-state index in [0.29, 0.717) is 0 Å². The van der Waals surface area contributed by atoms with E-state index in [1.807, 2.05) is 11.9 Å². The molecular weight excluding hydrogens is 228 g/mol. The Bertz CT molecular complexity index is 302. The molecule has 0 aliphatic carbocycles. The van der Waals surface area contributed by atoms with Crippen LogP contribution in [-0.2, 0) is 9.53 Å². The summed E-state index contributed by atoms with van der Waals surface area (Å²) in [5, 5.41) is 0. The highest BCUT2D eigenvalue weighted by Crippen LogP contribution is 2.28. The molecule has 1 amide bonds. The summed E-state index contributed by atoms with van der Waals surface area (Å²) in [7, 11) is 4.01. The number of likely N-dealkylation sites (tertiary alicyclic amines) is 1. The molecule has 0 unspecified atom stereocenters. The average molecular weight is 254 g/mol. The second-order valence-corrected chi connectivity index (χ2v) is 6.34. The zero-order valence-electron chi connectivity index (χ0n) is 11.9. The number of hydrogen-bond donors (Lipinski definition) is 0. The fourth-order valence-electron chi connectivity index (χ4n) is 3.01. The standard InChI is InChI=1S/C14H26N2O2/c1-14(10-18-11-14)9-16(3)13(17)12-7-5-4-6-8-15(12)2/h12H,4-11H2,1-3H3/t12-/m0/s1. The highest BCUT2D eigenvalue weighted by Gasteiger charge is 2.37. The van der Waals surface area contributed by atoms with E-state index in [1.54, 1.807) is 0 Å². The maximum absolute atomic E-state index is 12.5. The Morgan fingerprint density at radius 2 is 2.11 bits per heavy atom. The second-order valence-electron chi connectivity index (χ2n) is 6.34. The van der Waals surface area contributed by atoms with Crippen molar-refractivity contribution in [1.82, 2.24) is 9.80 Å². The average Bonchev–Trinajstić information content (AvgIpc) is 2.51. The Morgan fingerprint density at radius 3 is 2.72 bits per heavy atom. The largest absolute Gasteiger partial charge is 0.380 e. The first-order chi connectivity index (χ1) is 8.52. The molecule has 4 nitrogen and oxygen atoms in total. The van der Waals surface area contributed by atoms with Crippen molar-refractivity contribution in [2.75, 3.05) is 40.4 Å². The first-order valence-electron chi connectivity index (χ1n) is 7.05. The van der Waals surface area contributed by atoms with Crippen molar-refractivity contribution in [3.63, 3.8) is 0 Å². The minimum Gasteiger partial charge on any atom is -0.380 e. The van der Waals surface area contributed by atoms with Crippen molar-refractivity contribution in [1.29, 1.82) is 0 Å². The molecule has 0 saturated carbocycles. The fraction of sp³-hybridized carbons (Fsp3) is 0.929. The van der Waals surface area contributed by atoms with Gasteiger partial charge in [-0.05, 0) is 26.4 Å². The molecule has 2 aliphatic rings. The lowest BCUT2D eigenvalue weighted by molar-refractivity contribution is -0.146. The Balaban J connectivity index is 1.91. The lowest BCUT2D eigenvalue weighted by Gasteiger charge is -2.41. The molecule has 0 radical (unpaired) electrons. The van der Waals surface area contributed by atoms with Gasteiger partial charge in [0.2, 0.25) is 5.91 Å². The van der Waals surface area contributed by atoms with Crippen LogP contribution in [-0.4, -0.2) is 62.1 Å². The lowest BCUT2D eigenvalue weighted by Crippen LogP contribution is -2.53. The SMILES string of the molecule is CN(CC1(C)COC1)C(=O)[C@@H]1CCCCCN1C. The summed E-state index contributed by atoms with van der Waals surface area (Å²) in [5.74, 6) is 0.285. The molecule has 0 aromatic carbocycles. The van der Waals surface area contributed by atoms with Gasteiger partial charge in [0.25, 0.3) is 0 Å². The first kappa shape index (κ1) is 13.8. The topological polar surface area (TPSA) is 32.8 Å². The molecule has 0 bridgehead atoms. The molecule has 104 valence electrons. The summed E-state index contributed by atoms with van der Waals surface area (Å²) >= 11 is 0. The van der Waals surface area contributed by atoms with Gasteiger partial charge >= 0.3 is 0 Å². The van der Waals surface area contributed by atoms with E-state index >= 15 is 0 Å². The van der Waals surface area contributed by atoms with E-state index in [1.165, 1.54) is 19.3 Å². The van der Waals surface area contributed by atoms with E-state index in [0.717, 1.165) is 32.7 Å². The predicted molar refractivity (Wildman–Crippen MR) is 71.4 cm³/mol. The number of amides is 1. The van der Waals surface area contributed by atoms with Gasteiger partial charge in [-0.15, -0.1) is 0 Å². The minimum atomic E-state index is 0.0853. The summed E-state index contributed by atoms with van der Waals surface area (Å²) < 4.78 is 5.26. The third-order valence-corrected chi connectivity index (χ3v) is 4.20. The van der Waals surface area contributed by atoms with Gasteiger partial charge in [-0.3, -0.25) is 9.69 Å². The molecule has 18 heavy (non-hydrogen) atoms. The summed E-state index contributed by atoms with van der Waals surface area (Å²) in [6.45, 7) is 5.62. The van der Waals surface area contributed by atoms with Crippen molar-refractivity contribution < 1.29 is 9.53 Å². The number of ether oxygens (including phenoxy) is 1. The van der Waals surface area contributed by atoms with Gasteiger partial charge in [0.1, 0.15) is 0 Å². The maximum atomic E-state index is 12.5. The van der Waals surface area contributed by atoms with Crippen LogP contribution in [0.5, 0.6) is 0 Å². The van der Waals surface area contributed by atoms with Gasteiger partial charge in [-0.1, -0.05) is 19.8 Å². The smallest absolute Gasteiger partial charge is 0.239 e. The van der Waals surface area contributed by atoms with E-state index < -0.39 is 0 Å². The fourth-order valence-corrected chi connectivity index (χ4v) is 3.01. The third kappa shape index (κ3) is 3.04. The molecule has 0 aromatic heterocycles. The summed E-state index contributed by atoms with van der Waals surface area (Å²) in [6, 6.07) is 0.0853. The van der Waals surface area contributed by atoms with E-state index in [4.69, 9.17) is 4.74 Å². The predicted octanol–water partition coefficient (Wildman–Crippen LogP) is 1.36. The van der Waals surface area contributed by atoms with E-state index in [9.17, 15) is 4.79 Å². The Labute approximate surface area is 110 Å². The van der Waals surface area contributed by atoms with Crippen LogP contribution < -0.4 is 0 Å². The summed E-state index contributed by atoms with van der Waals surface area (Å²) in [6.07, 6.45) is 4.65. The summed E-state index contributed by atoms with van der Waals surface area (Å²) in [4.78, 5) is 16.7. The van der Waals surface area contributed by atoms with Crippen molar-refractivity contribution in [2.45, 2.75) is 38.6 Å². The molecule has 4 heteroatoms. The first-order valence-corrected chi connectivity index (χ1v) is 7.05. The summed E-state index contributed by atoms with van der Waals surface area (Å²) in [5.41, 5.74) is 0.174. The zero-order chi connectivity index (χ0) is 13.2. The van der Waals surface area contributed by atoms with Crippen LogP contribution in [0.4, 0.5) is 0 Å². The Morgan fingerprint density at radius 1 is 1.39 bits per heavy atom. The molecule has 2 heterocycles. The number of hydrogen-bond acceptors (Lipinski definition) is 3. The van der Waals surface area contributed by atoms with Crippen LogP contribution in [0.3, 0.4) is 0 Å². The minimum absolute atomic E-state index is 0.0853. The van der Waals surface area contributed by atoms with Crippen LogP contribution in [0.15, 0.2) is 0 Å². The van der Waals surface area contributed by atoms with Gasteiger partial charge in [0, 0.05) is 19.0 Å². The molecule has 2 rings (SSSR count). The van der Waals surface area contributed by atoms with Crippen molar-refractivity contribution in [3.05, 3.63) is 0 Å². The maximum Gasteiger partial charge on any atom is 0.239 e. The van der Waals surface area contributed by atoms with Gasteiger partial charge in [0.15, 0.2) is 0 Å². The van der Waals surface area contributed by atoms with E-state index in [-0.39, 0.29) is 17.4 Å². The molecule has 2 aliphatic heterocycles. The van der Waals surface area contributed by atoms with Crippen LogP contribution in [0.2, 0.25) is 0 Å². The molecule has 2 saturated heterocycles. The highest BCUT2D eigenvalue weighted by atomic mass is 16.5. The number of likely N-dealkylation sites (N-methyl/N-ethyl adjacent to an activating group) is 2. The molecule has 2 fully saturated rings. The van der Waals surface area contributed by atoms with Crippen LogP contribution in [0.1, 0.15) is 32.6 Å². The van der Waals surface area contributed by atoms with Crippen LogP contribution in [0.25, 0.3) is 0 Å². The monoisotopic (exact) mass is 254 g/mol. The zero-order valence-corrected chi connectivity index (χ0v) is 11.9. The molecule has 0 spiro atoms. The Kier molecular flexibility index (Phi) is 4.28. The molecular formula is C14H26N2O2. The second kappa shape index (κ2) is 5.57. The molecule has 0 N–H and O–H groups in total. The van der Waals surface area contributed by atoms with Crippen LogP contribution >= 0.6 is 0 Å². The number of carbonyl (C=O) groups excluding carboxylic acids is 1. The van der Waals surface area contributed by atoms with E-state index in [2.05, 4.69) is 18.9 Å². The number of nitrogens with zero attached hydrogens (tertiary/aromatic N) is 2. The molecule has 1 atom stereocenters.